The zero-order chi connectivity index (χ0) is 15.2. The maximum atomic E-state index is 11.8. The molecule has 1 aliphatic rings. The highest BCUT2D eigenvalue weighted by molar-refractivity contribution is 5.79. The van der Waals surface area contributed by atoms with Crippen molar-refractivity contribution in [1.82, 2.24) is 5.32 Å². The van der Waals surface area contributed by atoms with E-state index < -0.39 is 11.4 Å². The van der Waals surface area contributed by atoms with Crippen LogP contribution in [0.2, 0.25) is 0 Å². The molecule has 1 unspecified atom stereocenters. The highest BCUT2D eigenvalue weighted by Gasteiger charge is 2.41. The fourth-order valence-electron chi connectivity index (χ4n) is 2.72. The molecule has 0 heterocycles. The van der Waals surface area contributed by atoms with Gasteiger partial charge in [0, 0.05) is 19.0 Å². The number of hydrogen-bond acceptors (Lipinski definition) is 3. The third-order valence-electron chi connectivity index (χ3n) is 4.37. The van der Waals surface area contributed by atoms with E-state index in [-0.39, 0.29) is 18.5 Å². The minimum atomic E-state index is -0.778. The van der Waals surface area contributed by atoms with Crippen molar-refractivity contribution < 1.29 is 14.7 Å². The first-order valence-corrected chi connectivity index (χ1v) is 7.61. The number of nitrogens with one attached hydrogen (secondary N) is 1. The second kappa shape index (κ2) is 7.62. The van der Waals surface area contributed by atoms with Gasteiger partial charge in [0.05, 0.1) is 5.41 Å². The predicted octanol–water partition coefficient (Wildman–Crippen LogP) is 1.90. The molecule has 5 nitrogen and oxygen atoms in total. The van der Waals surface area contributed by atoms with E-state index in [4.69, 9.17) is 5.73 Å². The quantitative estimate of drug-likeness (QED) is 0.665. The molecule has 0 aromatic carbocycles. The van der Waals surface area contributed by atoms with Gasteiger partial charge in [-0.15, -0.1) is 0 Å². The molecule has 0 aromatic rings. The Balaban J connectivity index is 2.40. The standard InChI is InChI=1S/C15H28N2O3/c1-11-6-8-15(9-7-11,14(19)20)10-17-13(18)5-3-4-12(2)16/h11-12H,3-10,16H2,1-2H3,(H,17,18)(H,19,20). The first-order chi connectivity index (χ1) is 9.35. The molecular weight excluding hydrogens is 256 g/mol. The molecule has 0 saturated heterocycles. The summed E-state index contributed by atoms with van der Waals surface area (Å²) in [5.74, 6) is -0.255. The Morgan fingerprint density at radius 3 is 2.50 bits per heavy atom. The van der Waals surface area contributed by atoms with E-state index in [1.165, 1.54) is 0 Å². The number of hydrogen-bond donors (Lipinski definition) is 3. The van der Waals surface area contributed by atoms with E-state index in [2.05, 4.69) is 12.2 Å². The fourth-order valence-corrected chi connectivity index (χ4v) is 2.72. The topological polar surface area (TPSA) is 92.4 Å². The molecule has 1 amide bonds. The molecule has 5 heteroatoms. The number of nitrogens with two attached hydrogens (primary N) is 1. The lowest BCUT2D eigenvalue weighted by Gasteiger charge is -2.35. The molecule has 1 rings (SSSR count). The zero-order valence-corrected chi connectivity index (χ0v) is 12.7. The van der Waals surface area contributed by atoms with Gasteiger partial charge in [-0.1, -0.05) is 6.92 Å². The Morgan fingerprint density at radius 2 is 2.00 bits per heavy atom. The molecule has 1 saturated carbocycles. The summed E-state index contributed by atoms with van der Waals surface area (Å²) in [6.45, 7) is 4.32. The van der Waals surface area contributed by atoms with Crippen LogP contribution in [0.15, 0.2) is 0 Å². The van der Waals surface area contributed by atoms with E-state index in [0.29, 0.717) is 25.2 Å². The van der Waals surface area contributed by atoms with Crippen molar-refractivity contribution >= 4 is 11.9 Å². The van der Waals surface area contributed by atoms with E-state index in [1.807, 2.05) is 6.92 Å². The second-order valence-electron chi connectivity index (χ2n) is 6.41. The van der Waals surface area contributed by atoms with Gasteiger partial charge in [0.1, 0.15) is 0 Å². The highest BCUT2D eigenvalue weighted by Crippen LogP contribution is 2.38. The Labute approximate surface area is 121 Å². The van der Waals surface area contributed by atoms with Crippen molar-refractivity contribution in [2.45, 2.75) is 64.8 Å². The normalized spacial score (nSPS) is 27.9. The van der Waals surface area contributed by atoms with Gasteiger partial charge in [0.25, 0.3) is 0 Å². The van der Waals surface area contributed by atoms with Gasteiger partial charge >= 0.3 is 5.97 Å². The molecule has 20 heavy (non-hydrogen) atoms. The summed E-state index contributed by atoms with van der Waals surface area (Å²) < 4.78 is 0. The maximum Gasteiger partial charge on any atom is 0.311 e. The smallest absolute Gasteiger partial charge is 0.311 e. The lowest BCUT2D eigenvalue weighted by molar-refractivity contribution is -0.151. The van der Waals surface area contributed by atoms with Crippen molar-refractivity contribution in [1.29, 1.82) is 0 Å². The molecule has 116 valence electrons. The Hall–Kier alpha value is -1.10. The van der Waals surface area contributed by atoms with Crippen molar-refractivity contribution in [2.24, 2.45) is 17.1 Å². The molecule has 0 aromatic heterocycles. The first-order valence-electron chi connectivity index (χ1n) is 7.61. The molecule has 0 spiro atoms. The van der Waals surface area contributed by atoms with Crippen molar-refractivity contribution in [3.63, 3.8) is 0 Å². The van der Waals surface area contributed by atoms with Gasteiger partial charge in [0.15, 0.2) is 0 Å². The van der Waals surface area contributed by atoms with Gasteiger partial charge in [0.2, 0.25) is 5.91 Å². The van der Waals surface area contributed by atoms with Crippen LogP contribution < -0.4 is 11.1 Å². The summed E-state index contributed by atoms with van der Waals surface area (Å²) in [5.41, 5.74) is 4.87. The van der Waals surface area contributed by atoms with Gasteiger partial charge < -0.3 is 16.2 Å². The SMILES string of the molecule is CC(N)CCCC(=O)NCC1(C(=O)O)CCC(C)CC1. The molecule has 0 bridgehead atoms. The summed E-state index contributed by atoms with van der Waals surface area (Å²) in [6, 6.07) is 0.105. The predicted molar refractivity (Wildman–Crippen MR) is 78.2 cm³/mol. The second-order valence-corrected chi connectivity index (χ2v) is 6.41. The van der Waals surface area contributed by atoms with Gasteiger partial charge in [-0.05, 0) is 51.4 Å². The van der Waals surface area contributed by atoms with Crippen LogP contribution in [0.5, 0.6) is 0 Å². The molecule has 1 atom stereocenters. The molecule has 1 fully saturated rings. The van der Waals surface area contributed by atoms with E-state index in [0.717, 1.165) is 25.7 Å². The number of carboxylic acids is 1. The molecule has 1 aliphatic carbocycles. The molecular formula is C15H28N2O3. The van der Waals surface area contributed by atoms with Crippen LogP contribution in [0.3, 0.4) is 0 Å². The average molecular weight is 284 g/mol. The zero-order valence-electron chi connectivity index (χ0n) is 12.7. The van der Waals surface area contributed by atoms with Crippen LogP contribution in [0.4, 0.5) is 0 Å². The van der Waals surface area contributed by atoms with Crippen LogP contribution in [0, 0.1) is 11.3 Å². The lowest BCUT2D eigenvalue weighted by atomic mass is 9.71. The number of carboxylic acid groups (broad SMARTS) is 1. The van der Waals surface area contributed by atoms with Gasteiger partial charge in [-0.2, -0.15) is 0 Å². The Kier molecular flexibility index (Phi) is 6.46. The monoisotopic (exact) mass is 284 g/mol. The summed E-state index contributed by atoms with van der Waals surface area (Å²) in [6.07, 6.45) is 5.15. The first kappa shape index (κ1) is 17.0. The summed E-state index contributed by atoms with van der Waals surface area (Å²) in [4.78, 5) is 23.3. The van der Waals surface area contributed by atoms with E-state index >= 15 is 0 Å². The number of carbonyl (C=O) groups is 2. The number of rotatable bonds is 7. The van der Waals surface area contributed by atoms with Crippen LogP contribution in [0.1, 0.15) is 58.8 Å². The maximum absolute atomic E-state index is 11.8. The Bertz CT molecular complexity index is 334. The lowest BCUT2D eigenvalue weighted by Crippen LogP contribution is -2.45. The molecule has 0 aliphatic heterocycles. The van der Waals surface area contributed by atoms with Crippen molar-refractivity contribution in [2.75, 3.05) is 6.54 Å². The van der Waals surface area contributed by atoms with E-state index in [1.54, 1.807) is 0 Å². The third-order valence-corrected chi connectivity index (χ3v) is 4.37. The highest BCUT2D eigenvalue weighted by atomic mass is 16.4. The number of aliphatic carboxylic acids is 1. The Morgan fingerprint density at radius 1 is 1.40 bits per heavy atom. The number of carbonyl (C=O) groups excluding carboxylic acids is 1. The average Bonchev–Trinajstić information content (AvgIpc) is 2.37. The number of amides is 1. The van der Waals surface area contributed by atoms with Crippen molar-refractivity contribution in [3.8, 4) is 0 Å². The summed E-state index contributed by atoms with van der Waals surface area (Å²) in [7, 11) is 0. The molecule has 4 N–H and O–H groups in total. The van der Waals surface area contributed by atoms with Gasteiger partial charge in [-0.25, -0.2) is 0 Å². The van der Waals surface area contributed by atoms with Crippen LogP contribution in [0.25, 0.3) is 0 Å². The molecule has 0 radical (unpaired) electrons. The summed E-state index contributed by atoms with van der Waals surface area (Å²) in [5, 5.41) is 12.3. The van der Waals surface area contributed by atoms with Crippen molar-refractivity contribution in [3.05, 3.63) is 0 Å². The largest absolute Gasteiger partial charge is 0.481 e. The summed E-state index contributed by atoms with van der Waals surface area (Å²) >= 11 is 0. The van der Waals surface area contributed by atoms with E-state index in [9.17, 15) is 14.7 Å². The van der Waals surface area contributed by atoms with Crippen LogP contribution in [-0.4, -0.2) is 29.6 Å². The van der Waals surface area contributed by atoms with Crippen LogP contribution >= 0.6 is 0 Å². The fraction of sp³-hybridized carbons (Fsp3) is 0.867. The third kappa shape index (κ3) is 5.12. The minimum absolute atomic E-state index is 0.0649. The van der Waals surface area contributed by atoms with Gasteiger partial charge in [-0.3, -0.25) is 9.59 Å². The minimum Gasteiger partial charge on any atom is -0.481 e. The van der Waals surface area contributed by atoms with Crippen LogP contribution in [-0.2, 0) is 9.59 Å².